The molecule has 24 heavy (non-hydrogen) atoms. The Bertz CT molecular complexity index is 684. The van der Waals surface area contributed by atoms with Gasteiger partial charge in [0, 0.05) is 18.1 Å². The summed E-state index contributed by atoms with van der Waals surface area (Å²) < 4.78 is 12.3. The van der Waals surface area contributed by atoms with E-state index in [1.807, 2.05) is 30.3 Å². The number of anilines is 1. The van der Waals surface area contributed by atoms with Gasteiger partial charge in [0.2, 0.25) is 0 Å². The molecular formula is C19H21Cl2NO2. The fraction of sp³-hybridized carbons (Fsp3) is 0.368. The molecule has 1 atom stereocenters. The van der Waals surface area contributed by atoms with Crippen LogP contribution in [-0.2, 0) is 0 Å². The van der Waals surface area contributed by atoms with Crippen molar-refractivity contribution in [3.63, 3.8) is 0 Å². The number of ether oxygens (including phenoxy) is 2. The molecule has 5 heteroatoms. The number of hydrogen-bond acceptors (Lipinski definition) is 3. The number of nitrogens with zero attached hydrogens (tertiary/aromatic N) is 1. The van der Waals surface area contributed by atoms with Gasteiger partial charge in [0.15, 0.2) is 17.6 Å². The van der Waals surface area contributed by atoms with Crippen molar-refractivity contribution in [3.05, 3.63) is 53.1 Å². The molecule has 1 unspecified atom stereocenters. The molecule has 0 bridgehead atoms. The van der Waals surface area contributed by atoms with Crippen molar-refractivity contribution in [1.82, 2.24) is 0 Å². The van der Waals surface area contributed by atoms with Crippen molar-refractivity contribution in [3.8, 4) is 11.5 Å². The van der Waals surface area contributed by atoms with Crippen LogP contribution < -0.4 is 14.4 Å². The van der Waals surface area contributed by atoms with E-state index < -0.39 is 0 Å². The number of halogens is 2. The summed E-state index contributed by atoms with van der Waals surface area (Å²) in [6, 6.07) is 13.9. The highest BCUT2D eigenvalue weighted by atomic mass is 35.5. The first-order valence-electron chi connectivity index (χ1n) is 8.24. The highest BCUT2D eigenvalue weighted by Crippen LogP contribution is 2.43. The number of rotatable bonds is 2. The van der Waals surface area contributed by atoms with E-state index in [4.69, 9.17) is 21.1 Å². The van der Waals surface area contributed by atoms with E-state index >= 15 is 0 Å². The van der Waals surface area contributed by atoms with E-state index in [-0.39, 0.29) is 18.5 Å². The molecule has 2 aromatic carbocycles. The van der Waals surface area contributed by atoms with Crippen LogP contribution in [0.1, 0.15) is 30.9 Å². The maximum absolute atomic E-state index is 6.19. The maximum atomic E-state index is 6.19. The first-order valence-corrected chi connectivity index (χ1v) is 8.62. The largest absolute Gasteiger partial charge is 0.483 e. The Morgan fingerprint density at radius 2 is 1.71 bits per heavy atom. The van der Waals surface area contributed by atoms with Gasteiger partial charge in [0.05, 0.1) is 5.69 Å². The van der Waals surface area contributed by atoms with Gasteiger partial charge < -0.3 is 14.4 Å². The van der Waals surface area contributed by atoms with E-state index in [9.17, 15) is 0 Å². The topological polar surface area (TPSA) is 21.7 Å². The van der Waals surface area contributed by atoms with E-state index in [0.717, 1.165) is 40.9 Å². The Balaban J connectivity index is 0.00000169. The van der Waals surface area contributed by atoms with Crippen LogP contribution in [0.15, 0.2) is 42.5 Å². The number of para-hydroxylation sites is 1. The first kappa shape index (κ1) is 17.2. The summed E-state index contributed by atoms with van der Waals surface area (Å²) in [4.78, 5) is 2.41. The van der Waals surface area contributed by atoms with Gasteiger partial charge in [0.25, 0.3) is 0 Å². The summed E-state index contributed by atoms with van der Waals surface area (Å²) in [5, 5.41) is 0.735. The fourth-order valence-electron chi connectivity index (χ4n) is 3.31. The molecule has 3 nitrogen and oxygen atoms in total. The third-order valence-corrected chi connectivity index (χ3v) is 4.80. The van der Waals surface area contributed by atoms with Crippen molar-refractivity contribution in [2.75, 3.05) is 24.6 Å². The second-order valence-electron chi connectivity index (χ2n) is 6.12. The van der Waals surface area contributed by atoms with Crippen LogP contribution in [-0.4, -0.2) is 19.7 Å². The average molecular weight is 366 g/mol. The maximum Gasteiger partial charge on any atom is 0.184 e. The molecule has 4 rings (SSSR count). The molecule has 1 fully saturated rings. The molecule has 2 aliphatic heterocycles. The monoisotopic (exact) mass is 365 g/mol. The van der Waals surface area contributed by atoms with Crippen molar-refractivity contribution in [2.24, 2.45) is 0 Å². The Kier molecular flexibility index (Phi) is 5.42. The summed E-state index contributed by atoms with van der Waals surface area (Å²) in [6.07, 6.45) is 3.73. The van der Waals surface area contributed by atoms with E-state index in [1.165, 1.54) is 19.3 Å². The third kappa shape index (κ3) is 3.42. The number of fused-ring (bicyclic) bond motifs is 1. The summed E-state index contributed by atoms with van der Waals surface area (Å²) >= 11 is 5.96. The Morgan fingerprint density at radius 3 is 2.46 bits per heavy atom. The minimum absolute atomic E-state index is 0. The first-order chi connectivity index (χ1) is 11.3. The van der Waals surface area contributed by atoms with Gasteiger partial charge >= 0.3 is 0 Å². The van der Waals surface area contributed by atoms with Crippen LogP contribution in [0.3, 0.4) is 0 Å². The molecule has 0 saturated carbocycles. The molecule has 0 N–H and O–H groups in total. The zero-order chi connectivity index (χ0) is 15.6. The van der Waals surface area contributed by atoms with Crippen LogP contribution in [0.25, 0.3) is 0 Å². The van der Waals surface area contributed by atoms with Crippen LogP contribution in [0.5, 0.6) is 11.5 Å². The standard InChI is InChI=1S/C19H20ClNO2.ClH/c20-15-9-7-14(8-10-15)18-13-22-19-16(5-4-6-17(19)23-18)21-11-2-1-3-12-21;/h4-10,18H,1-3,11-13H2;1H. The van der Waals surface area contributed by atoms with Gasteiger partial charge in [-0.15, -0.1) is 12.4 Å². The Morgan fingerprint density at radius 1 is 0.958 bits per heavy atom. The van der Waals surface area contributed by atoms with Gasteiger partial charge in [0.1, 0.15) is 6.61 Å². The zero-order valence-electron chi connectivity index (χ0n) is 13.4. The smallest absolute Gasteiger partial charge is 0.184 e. The lowest BCUT2D eigenvalue weighted by Crippen LogP contribution is -2.31. The van der Waals surface area contributed by atoms with Crippen LogP contribution >= 0.6 is 24.0 Å². The van der Waals surface area contributed by atoms with Gasteiger partial charge in [-0.3, -0.25) is 0 Å². The summed E-state index contributed by atoms with van der Waals surface area (Å²) in [5.41, 5.74) is 2.25. The molecule has 2 aliphatic rings. The Labute approximate surface area is 153 Å². The van der Waals surface area contributed by atoms with Crippen LogP contribution in [0.4, 0.5) is 5.69 Å². The SMILES string of the molecule is Cl.Clc1ccc(C2COc3c(cccc3N3CCCCC3)O2)cc1. The molecule has 2 aromatic rings. The highest BCUT2D eigenvalue weighted by Gasteiger charge is 2.26. The molecule has 0 aliphatic carbocycles. The Hall–Kier alpha value is -1.58. The van der Waals surface area contributed by atoms with Crippen molar-refractivity contribution >= 4 is 29.7 Å². The lowest BCUT2D eigenvalue weighted by atomic mass is 10.1. The molecule has 0 spiro atoms. The summed E-state index contributed by atoms with van der Waals surface area (Å²) in [5.74, 6) is 1.72. The quantitative estimate of drug-likeness (QED) is 0.723. The molecule has 0 amide bonds. The lowest BCUT2D eigenvalue weighted by molar-refractivity contribution is 0.0916. The van der Waals surface area contributed by atoms with Crippen LogP contribution in [0.2, 0.25) is 5.02 Å². The molecule has 0 radical (unpaired) electrons. The van der Waals surface area contributed by atoms with E-state index in [2.05, 4.69) is 17.0 Å². The molecule has 2 heterocycles. The predicted octanol–water partition coefficient (Wildman–Crippen LogP) is 5.26. The van der Waals surface area contributed by atoms with E-state index in [1.54, 1.807) is 0 Å². The number of piperidine rings is 1. The summed E-state index contributed by atoms with van der Waals surface area (Å²) in [6.45, 7) is 2.72. The second-order valence-corrected chi connectivity index (χ2v) is 6.56. The normalized spacial score (nSPS) is 19.5. The zero-order valence-corrected chi connectivity index (χ0v) is 15.0. The van der Waals surface area contributed by atoms with Crippen LogP contribution in [0, 0.1) is 0 Å². The highest BCUT2D eigenvalue weighted by molar-refractivity contribution is 6.30. The third-order valence-electron chi connectivity index (χ3n) is 4.54. The molecule has 128 valence electrons. The molecular weight excluding hydrogens is 345 g/mol. The second kappa shape index (κ2) is 7.54. The minimum Gasteiger partial charge on any atom is -0.483 e. The predicted molar refractivity (Wildman–Crippen MR) is 100 cm³/mol. The van der Waals surface area contributed by atoms with Gasteiger partial charge in [-0.05, 0) is 49.1 Å². The lowest BCUT2D eigenvalue weighted by Gasteiger charge is -2.34. The fourth-order valence-corrected chi connectivity index (χ4v) is 3.44. The van der Waals surface area contributed by atoms with Crippen molar-refractivity contribution in [2.45, 2.75) is 25.4 Å². The van der Waals surface area contributed by atoms with Gasteiger partial charge in [-0.1, -0.05) is 29.8 Å². The minimum atomic E-state index is -0.0867. The number of benzene rings is 2. The van der Waals surface area contributed by atoms with Gasteiger partial charge in [-0.2, -0.15) is 0 Å². The van der Waals surface area contributed by atoms with E-state index in [0.29, 0.717) is 6.61 Å². The average Bonchev–Trinajstić information content (AvgIpc) is 2.62. The van der Waals surface area contributed by atoms with Crippen molar-refractivity contribution in [1.29, 1.82) is 0 Å². The number of hydrogen-bond donors (Lipinski definition) is 0. The summed E-state index contributed by atoms with van der Waals surface area (Å²) in [7, 11) is 0. The van der Waals surface area contributed by atoms with Crippen molar-refractivity contribution < 1.29 is 9.47 Å². The molecule has 1 saturated heterocycles. The molecule has 0 aromatic heterocycles. The van der Waals surface area contributed by atoms with Gasteiger partial charge in [-0.25, -0.2) is 0 Å².